The Labute approximate surface area is 196 Å². The van der Waals surface area contributed by atoms with Crippen molar-refractivity contribution in [1.82, 2.24) is 9.91 Å². The number of benzene rings is 3. The van der Waals surface area contributed by atoms with Crippen molar-refractivity contribution in [2.24, 2.45) is 5.10 Å². The molecule has 1 aliphatic rings. The summed E-state index contributed by atoms with van der Waals surface area (Å²) in [6, 6.07) is 18.2. The van der Waals surface area contributed by atoms with E-state index >= 15 is 0 Å². The number of methoxy groups -OCH3 is 1. The van der Waals surface area contributed by atoms with Crippen LogP contribution in [0.3, 0.4) is 0 Å². The van der Waals surface area contributed by atoms with Crippen LogP contribution in [0.25, 0.3) is 0 Å². The van der Waals surface area contributed by atoms with Gasteiger partial charge in [0.2, 0.25) is 0 Å². The lowest BCUT2D eigenvalue weighted by Gasteiger charge is -2.26. The second-order valence-electron chi connectivity index (χ2n) is 7.90. The molecular weight excluding hydrogens is 440 g/mol. The van der Waals surface area contributed by atoms with Crippen molar-refractivity contribution in [1.29, 1.82) is 0 Å². The van der Waals surface area contributed by atoms with E-state index in [1.165, 1.54) is 48.3 Å². The highest BCUT2D eigenvalue weighted by atomic mass is 19.1. The van der Waals surface area contributed by atoms with Gasteiger partial charge in [-0.2, -0.15) is 5.10 Å². The molecular formula is C26H23F2N3O3. The number of hydrogen-bond acceptors (Lipinski definition) is 4. The van der Waals surface area contributed by atoms with Crippen LogP contribution in [0.15, 0.2) is 77.9 Å². The van der Waals surface area contributed by atoms with E-state index in [-0.39, 0.29) is 18.5 Å². The Hall–Kier alpha value is -4.07. The molecule has 174 valence electrons. The molecule has 0 fully saturated rings. The Morgan fingerprint density at radius 3 is 2.53 bits per heavy atom. The number of hydrogen-bond donors (Lipinski definition) is 0. The number of rotatable bonds is 6. The summed E-state index contributed by atoms with van der Waals surface area (Å²) >= 11 is 0. The SMILES string of the molecule is COc1ccccc1[C@@H]1CC(c2ccccc2F)=NN1C(=O)CN(C)C(=O)c1cccc(F)c1. The number of likely N-dealkylation sites (N-methyl/N-ethyl adjacent to an activating group) is 1. The van der Waals surface area contributed by atoms with Gasteiger partial charge in [0, 0.05) is 30.2 Å². The van der Waals surface area contributed by atoms with Crippen molar-refractivity contribution in [2.75, 3.05) is 20.7 Å². The fourth-order valence-corrected chi connectivity index (χ4v) is 3.97. The number of nitrogens with zero attached hydrogens (tertiary/aromatic N) is 3. The van der Waals surface area contributed by atoms with Crippen LogP contribution >= 0.6 is 0 Å². The van der Waals surface area contributed by atoms with Crippen LogP contribution in [0.4, 0.5) is 8.78 Å². The Morgan fingerprint density at radius 1 is 1.06 bits per heavy atom. The smallest absolute Gasteiger partial charge is 0.262 e. The van der Waals surface area contributed by atoms with Crippen LogP contribution in [0, 0.1) is 11.6 Å². The molecule has 0 unspecified atom stereocenters. The molecule has 1 atom stereocenters. The summed E-state index contributed by atoms with van der Waals surface area (Å²) in [4.78, 5) is 27.2. The molecule has 3 aromatic carbocycles. The first kappa shape index (κ1) is 23.1. The van der Waals surface area contributed by atoms with Gasteiger partial charge in [-0.3, -0.25) is 9.59 Å². The van der Waals surface area contributed by atoms with Crippen molar-refractivity contribution in [3.63, 3.8) is 0 Å². The molecule has 0 saturated heterocycles. The zero-order valence-corrected chi connectivity index (χ0v) is 18.7. The first-order valence-corrected chi connectivity index (χ1v) is 10.7. The van der Waals surface area contributed by atoms with Gasteiger partial charge in [0.15, 0.2) is 0 Å². The molecule has 0 spiro atoms. The van der Waals surface area contributed by atoms with Crippen molar-refractivity contribution < 1.29 is 23.1 Å². The van der Waals surface area contributed by atoms with Crippen molar-refractivity contribution >= 4 is 17.5 Å². The molecule has 0 aromatic heterocycles. The maximum atomic E-state index is 14.5. The average molecular weight is 463 g/mol. The van der Waals surface area contributed by atoms with Gasteiger partial charge in [0.25, 0.3) is 11.8 Å². The predicted octanol–water partition coefficient (Wildman–Crippen LogP) is 4.42. The fraction of sp³-hybridized carbons (Fsp3) is 0.192. The quantitative estimate of drug-likeness (QED) is 0.544. The summed E-state index contributed by atoms with van der Waals surface area (Å²) in [5.41, 5.74) is 1.57. The molecule has 0 N–H and O–H groups in total. The third-order valence-corrected chi connectivity index (χ3v) is 5.64. The number of amides is 2. The third kappa shape index (κ3) is 4.66. The van der Waals surface area contributed by atoms with Crippen LogP contribution in [0.1, 0.15) is 33.9 Å². The molecule has 0 saturated carbocycles. The molecule has 1 aliphatic heterocycles. The van der Waals surface area contributed by atoms with E-state index < -0.39 is 29.5 Å². The normalized spacial score (nSPS) is 15.1. The summed E-state index contributed by atoms with van der Waals surface area (Å²) in [7, 11) is 2.99. The molecule has 3 aromatic rings. The average Bonchev–Trinajstić information content (AvgIpc) is 3.29. The van der Waals surface area contributed by atoms with Gasteiger partial charge in [0.1, 0.15) is 23.9 Å². The minimum atomic E-state index is -0.545. The number of hydrazone groups is 1. The monoisotopic (exact) mass is 463 g/mol. The molecule has 4 rings (SSSR count). The summed E-state index contributed by atoms with van der Waals surface area (Å²) in [5.74, 6) is -1.37. The fourth-order valence-electron chi connectivity index (χ4n) is 3.97. The number of para-hydroxylation sites is 1. The van der Waals surface area contributed by atoms with E-state index in [9.17, 15) is 18.4 Å². The van der Waals surface area contributed by atoms with Gasteiger partial charge < -0.3 is 9.64 Å². The first-order valence-electron chi connectivity index (χ1n) is 10.7. The van der Waals surface area contributed by atoms with E-state index in [1.54, 1.807) is 24.3 Å². The van der Waals surface area contributed by atoms with Crippen molar-refractivity contribution in [2.45, 2.75) is 12.5 Å². The Morgan fingerprint density at radius 2 is 1.79 bits per heavy atom. The lowest BCUT2D eigenvalue weighted by Crippen LogP contribution is -2.39. The van der Waals surface area contributed by atoms with Gasteiger partial charge in [0.05, 0.1) is 18.9 Å². The van der Waals surface area contributed by atoms with E-state index in [0.717, 1.165) is 6.07 Å². The predicted molar refractivity (Wildman–Crippen MR) is 123 cm³/mol. The number of ether oxygens (including phenoxy) is 1. The van der Waals surface area contributed by atoms with Crippen LogP contribution in [0.2, 0.25) is 0 Å². The van der Waals surface area contributed by atoms with Crippen LogP contribution in [-0.2, 0) is 4.79 Å². The van der Waals surface area contributed by atoms with E-state index in [4.69, 9.17) is 4.74 Å². The van der Waals surface area contributed by atoms with Crippen molar-refractivity contribution in [3.05, 3.63) is 101 Å². The Balaban J connectivity index is 1.64. The summed E-state index contributed by atoms with van der Waals surface area (Å²) < 4.78 is 33.5. The maximum Gasteiger partial charge on any atom is 0.262 e. The zero-order valence-electron chi connectivity index (χ0n) is 18.7. The largest absolute Gasteiger partial charge is 0.496 e. The molecule has 0 bridgehead atoms. The zero-order chi connectivity index (χ0) is 24.2. The topological polar surface area (TPSA) is 62.2 Å². The van der Waals surface area contributed by atoms with E-state index in [2.05, 4.69) is 5.10 Å². The molecule has 6 nitrogen and oxygen atoms in total. The molecule has 34 heavy (non-hydrogen) atoms. The van der Waals surface area contributed by atoms with Crippen molar-refractivity contribution in [3.8, 4) is 5.75 Å². The minimum absolute atomic E-state index is 0.133. The number of halogens is 2. The number of carbonyl (C=O) groups excluding carboxylic acids is 2. The minimum Gasteiger partial charge on any atom is -0.496 e. The van der Waals surface area contributed by atoms with Crippen LogP contribution < -0.4 is 4.74 Å². The third-order valence-electron chi connectivity index (χ3n) is 5.64. The van der Waals surface area contributed by atoms with E-state index in [1.807, 2.05) is 18.2 Å². The van der Waals surface area contributed by atoms with Crippen LogP contribution in [-0.4, -0.2) is 48.1 Å². The Kier molecular flexibility index (Phi) is 6.67. The molecule has 0 aliphatic carbocycles. The molecule has 1 heterocycles. The maximum absolute atomic E-state index is 14.5. The summed E-state index contributed by atoms with van der Waals surface area (Å²) in [5, 5.41) is 5.73. The second kappa shape index (κ2) is 9.82. The number of carbonyl (C=O) groups is 2. The van der Waals surface area contributed by atoms with Crippen LogP contribution in [0.5, 0.6) is 5.75 Å². The highest BCUT2D eigenvalue weighted by Crippen LogP contribution is 2.37. The van der Waals surface area contributed by atoms with Gasteiger partial charge >= 0.3 is 0 Å². The summed E-state index contributed by atoms with van der Waals surface area (Å²) in [6.45, 7) is -0.297. The highest BCUT2D eigenvalue weighted by Gasteiger charge is 2.36. The molecule has 0 radical (unpaired) electrons. The molecule has 8 heteroatoms. The van der Waals surface area contributed by atoms with Gasteiger partial charge in [-0.25, -0.2) is 13.8 Å². The Bertz CT molecular complexity index is 1260. The second-order valence-corrected chi connectivity index (χ2v) is 7.90. The lowest BCUT2D eigenvalue weighted by atomic mass is 9.97. The van der Waals surface area contributed by atoms with Gasteiger partial charge in [-0.15, -0.1) is 0 Å². The van der Waals surface area contributed by atoms with Gasteiger partial charge in [-0.05, 0) is 30.3 Å². The standard InChI is InChI=1S/C26H23F2N3O3/c1-30(26(33)17-8-7-9-18(27)14-17)16-25(32)31-23(20-11-4-6-13-24(20)34-2)15-22(29-31)19-10-3-5-12-21(19)28/h3-14,23H,15-16H2,1-2H3/t23-/m0/s1. The highest BCUT2D eigenvalue weighted by molar-refractivity contribution is 6.04. The first-order chi connectivity index (χ1) is 16.4. The van der Waals surface area contributed by atoms with E-state index in [0.29, 0.717) is 22.6 Å². The molecule has 2 amide bonds. The lowest BCUT2D eigenvalue weighted by molar-refractivity contribution is -0.133. The summed E-state index contributed by atoms with van der Waals surface area (Å²) in [6.07, 6.45) is 0.272. The van der Waals surface area contributed by atoms with Gasteiger partial charge in [-0.1, -0.05) is 42.5 Å².